The van der Waals surface area contributed by atoms with Gasteiger partial charge in [-0.15, -0.1) is 0 Å². The minimum absolute atomic E-state index is 0.00159. The lowest BCUT2D eigenvalue weighted by Gasteiger charge is -2.40. The van der Waals surface area contributed by atoms with E-state index >= 15 is 0 Å². The highest BCUT2D eigenvalue weighted by Gasteiger charge is 2.41. The van der Waals surface area contributed by atoms with Crippen molar-refractivity contribution in [2.24, 2.45) is 0 Å². The van der Waals surface area contributed by atoms with Crippen molar-refractivity contribution < 1.29 is 0 Å². The van der Waals surface area contributed by atoms with Crippen molar-refractivity contribution in [3.63, 3.8) is 0 Å². The van der Waals surface area contributed by atoms with E-state index in [2.05, 4.69) is 257 Å². The molecule has 0 aliphatic carbocycles. The molecule has 9 aromatic carbocycles. The second-order valence-electron chi connectivity index (χ2n) is 20.7. The molecule has 0 spiro atoms. The van der Waals surface area contributed by atoms with E-state index in [0.717, 1.165) is 0 Å². The third kappa shape index (κ3) is 7.10. The molecule has 0 saturated heterocycles. The molecule has 2 aliphatic heterocycles. The van der Waals surface area contributed by atoms with Crippen LogP contribution in [-0.4, -0.2) is 20.1 Å². The summed E-state index contributed by atoms with van der Waals surface area (Å²) < 4.78 is 0. The smallest absolute Gasteiger partial charge is 0.246 e. The van der Waals surface area contributed by atoms with Crippen LogP contribution in [0.25, 0.3) is 0 Å². The Balaban J connectivity index is 1.15. The number of anilines is 6. The molecule has 9 aromatic rings. The molecule has 0 aromatic heterocycles. The molecule has 0 amide bonds. The maximum Gasteiger partial charge on any atom is 0.246 e. The minimum atomic E-state index is -0.00159. The Labute approximate surface area is 424 Å². The molecule has 0 atom stereocenters. The Bertz CT molecular complexity index is 3210. The Kier molecular flexibility index (Phi) is 11.6. The van der Waals surface area contributed by atoms with E-state index < -0.39 is 0 Å². The first-order chi connectivity index (χ1) is 34.3. The lowest BCUT2D eigenvalue weighted by Crippen LogP contribution is -2.59. The van der Waals surface area contributed by atoms with Gasteiger partial charge in [0.25, 0.3) is 0 Å². The van der Waals surface area contributed by atoms with Gasteiger partial charge in [-0.25, -0.2) is 0 Å². The summed E-state index contributed by atoms with van der Waals surface area (Å²) in [5.74, 6) is 0. The van der Waals surface area contributed by atoms with Crippen molar-refractivity contribution in [1.29, 1.82) is 0 Å². The van der Waals surface area contributed by atoms with Gasteiger partial charge in [0.15, 0.2) is 0 Å². The van der Waals surface area contributed by atoms with Crippen LogP contribution in [0.4, 0.5) is 34.1 Å². The molecule has 11 rings (SSSR count). The average Bonchev–Trinajstić information content (AvgIpc) is 3.39. The van der Waals surface area contributed by atoms with Gasteiger partial charge in [0.05, 0.1) is 11.4 Å². The van der Waals surface area contributed by atoms with E-state index in [1.54, 1.807) is 0 Å². The molecule has 346 valence electrons. The molecule has 0 fully saturated rings. The molecule has 2 aliphatic rings. The number of fused-ring (bicyclic) bond motifs is 4. The van der Waals surface area contributed by atoms with Gasteiger partial charge in [0, 0.05) is 22.7 Å². The molecule has 0 bridgehead atoms. The minimum Gasteiger partial charge on any atom is -0.311 e. The summed E-state index contributed by atoms with van der Waals surface area (Å²) in [6, 6.07) is 60.9. The van der Waals surface area contributed by atoms with Crippen molar-refractivity contribution in [2.45, 2.75) is 83.1 Å². The van der Waals surface area contributed by atoms with Gasteiger partial charge in [-0.3, -0.25) is 0 Å². The molecule has 5 heteroatoms. The fourth-order valence-corrected chi connectivity index (χ4v) is 13.1. The van der Waals surface area contributed by atoms with E-state index in [9.17, 15) is 0 Å². The summed E-state index contributed by atoms with van der Waals surface area (Å²) in [4.78, 5) is 5.19. The van der Waals surface area contributed by atoms with Crippen LogP contribution in [0.2, 0.25) is 0 Å². The Hall–Kier alpha value is -7.23. The van der Waals surface area contributed by atoms with Gasteiger partial charge in [-0.2, -0.15) is 0 Å². The van der Waals surface area contributed by atoms with Crippen molar-refractivity contribution in [1.82, 2.24) is 0 Å². The number of aryl methyl sites for hydroxylation is 2. The summed E-state index contributed by atoms with van der Waals surface area (Å²) in [7, 11) is 0. The quantitative estimate of drug-likeness (QED) is 0.147. The Morgan fingerprint density at radius 3 is 0.831 bits per heavy atom. The molecular formula is C66H63B3N2. The molecule has 0 N–H and O–H groups in total. The molecule has 2 nitrogen and oxygen atoms in total. The maximum absolute atomic E-state index is 2.59. The summed E-state index contributed by atoms with van der Waals surface area (Å²) >= 11 is 0. The first kappa shape index (κ1) is 46.2. The highest BCUT2D eigenvalue weighted by molar-refractivity contribution is 6.99. The second kappa shape index (κ2) is 17.9. The van der Waals surface area contributed by atoms with Crippen LogP contribution in [0.15, 0.2) is 164 Å². The summed E-state index contributed by atoms with van der Waals surface area (Å²) in [6.07, 6.45) is 0. The predicted molar refractivity (Wildman–Crippen MR) is 312 cm³/mol. The number of para-hydroxylation sites is 4. The molecular weight excluding hydrogens is 853 g/mol. The maximum atomic E-state index is 2.59. The third-order valence-electron chi connectivity index (χ3n) is 17.2. The molecule has 0 unspecified atom stereocenters. The monoisotopic (exact) mass is 917 g/mol. The number of benzene rings is 9. The lowest BCUT2D eigenvalue weighted by molar-refractivity contribution is 1.18. The van der Waals surface area contributed by atoms with E-state index in [-0.39, 0.29) is 20.1 Å². The summed E-state index contributed by atoms with van der Waals surface area (Å²) in [5, 5.41) is 0. The standard InChI is InChI=1S/C66H63B3N2/c1-40-39-41(2)43(4)62(42(40)3)69(63-44(5)48(9)65(49(10)45(63)6)70-58-35-23-19-31-54(58)67(52-27-15-13-16-28-52)55-32-20-24-36-59(55)70)64-46(7)50(11)66(51(12)47(64)8)71-60-37-25-21-33-56(60)68(53-29-17-14-18-30-53)57-34-22-26-38-61(57)71/h13-39H,1-12H3. The average molecular weight is 917 g/mol. The van der Waals surface area contributed by atoms with Crippen LogP contribution in [0.3, 0.4) is 0 Å². The largest absolute Gasteiger partial charge is 0.311 e. The van der Waals surface area contributed by atoms with Gasteiger partial charge in [-0.1, -0.05) is 200 Å². The lowest BCUT2D eigenvalue weighted by atomic mass is 9.32. The zero-order chi connectivity index (χ0) is 49.6. The van der Waals surface area contributed by atoms with Crippen LogP contribution < -0.4 is 59.0 Å². The molecule has 0 saturated carbocycles. The van der Waals surface area contributed by atoms with Gasteiger partial charge in [0.2, 0.25) is 20.1 Å². The number of hydrogen-bond donors (Lipinski definition) is 0. The number of hydrogen-bond acceptors (Lipinski definition) is 2. The zero-order valence-corrected chi connectivity index (χ0v) is 43.7. The van der Waals surface area contributed by atoms with E-state index in [4.69, 9.17) is 0 Å². The summed E-state index contributed by atoms with van der Waals surface area (Å²) in [5.41, 5.74) is 36.0. The number of nitrogens with zero attached hydrogens (tertiary/aromatic N) is 2. The molecule has 0 radical (unpaired) electrons. The first-order valence-electron chi connectivity index (χ1n) is 25.6. The van der Waals surface area contributed by atoms with Gasteiger partial charge in [0.1, 0.15) is 0 Å². The fourth-order valence-electron chi connectivity index (χ4n) is 13.1. The van der Waals surface area contributed by atoms with Crippen molar-refractivity contribution >= 4 is 103 Å². The van der Waals surface area contributed by atoms with Crippen LogP contribution >= 0.6 is 0 Å². The Morgan fingerprint density at radius 1 is 0.282 bits per heavy atom. The van der Waals surface area contributed by atoms with Crippen molar-refractivity contribution in [3.8, 4) is 0 Å². The normalized spacial score (nSPS) is 12.7. The predicted octanol–water partition coefficient (Wildman–Crippen LogP) is 10.5. The molecule has 71 heavy (non-hydrogen) atoms. The van der Waals surface area contributed by atoms with Crippen molar-refractivity contribution in [3.05, 3.63) is 231 Å². The third-order valence-corrected chi connectivity index (χ3v) is 17.2. The van der Waals surface area contributed by atoms with E-state index in [0.29, 0.717) is 0 Å². The highest BCUT2D eigenvalue weighted by Crippen LogP contribution is 2.44. The zero-order valence-electron chi connectivity index (χ0n) is 43.7. The SMILES string of the molecule is Cc1cc(C)c(C)c(B(c2c(C)c(C)c(N3c4ccccc4B(c4ccccc4)c4ccccc43)c(C)c2C)c2c(C)c(C)c(N3c4ccccc4B(c4ccccc4)c4ccccc43)c(C)c2C)c1C. The first-order valence-corrected chi connectivity index (χ1v) is 25.6. The second-order valence-corrected chi connectivity index (χ2v) is 20.7. The topological polar surface area (TPSA) is 6.48 Å². The van der Waals surface area contributed by atoms with Crippen molar-refractivity contribution in [2.75, 3.05) is 9.80 Å². The van der Waals surface area contributed by atoms with Crippen LogP contribution in [-0.2, 0) is 0 Å². The van der Waals surface area contributed by atoms with E-state index in [1.807, 2.05) is 0 Å². The fraction of sp³-hybridized carbons (Fsp3) is 0.182. The highest BCUT2D eigenvalue weighted by atomic mass is 15.2. The number of rotatable bonds is 7. The van der Waals surface area contributed by atoms with Crippen LogP contribution in [0, 0.1) is 83.1 Å². The molecule has 2 heterocycles. The van der Waals surface area contributed by atoms with Gasteiger partial charge < -0.3 is 9.80 Å². The van der Waals surface area contributed by atoms with Crippen LogP contribution in [0.1, 0.15) is 66.8 Å². The van der Waals surface area contributed by atoms with E-state index in [1.165, 1.54) is 150 Å². The van der Waals surface area contributed by atoms with Gasteiger partial charge >= 0.3 is 0 Å². The van der Waals surface area contributed by atoms with Crippen LogP contribution in [0.5, 0.6) is 0 Å². The van der Waals surface area contributed by atoms with Gasteiger partial charge in [-0.05, 0) is 163 Å². The summed E-state index contributed by atoms with van der Waals surface area (Å²) in [6.45, 7) is 28.9. The Morgan fingerprint density at radius 2 is 0.535 bits per heavy atom.